The van der Waals surface area contributed by atoms with E-state index >= 15 is 0 Å². The summed E-state index contributed by atoms with van der Waals surface area (Å²) >= 11 is 5.62. The van der Waals surface area contributed by atoms with E-state index in [2.05, 4.69) is 15.3 Å². The van der Waals surface area contributed by atoms with Crippen LogP contribution >= 0.6 is 12.2 Å². The Bertz CT molecular complexity index is 1250. The van der Waals surface area contributed by atoms with E-state index in [1.807, 2.05) is 6.92 Å². The van der Waals surface area contributed by atoms with E-state index in [1.165, 1.54) is 6.07 Å². The van der Waals surface area contributed by atoms with Gasteiger partial charge in [0.1, 0.15) is 17.2 Å². The van der Waals surface area contributed by atoms with E-state index < -0.39 is 28.9 Å². The molecule has 12 heteroatoms. The molecule has 0 aromatic carbocycles. The molecule has 5 rings (SSSR count). The first-order valence-electron chi connectivity index (χ1n) is 11.6. The summed E-state index contributed by atoms with van der Waals surface area (Å²) in [5.41, 5.74) is -2.87. The van der Waals surface area contributed by atoms with Crippen molar-refractivity contribution in [1.29, 1.82) is 5.26 Å². The van der Waals surface area contributed by atoms with Gasteiger partial charge in [0.15, 0.2) is 10.8 Å². The molecule has 1 saturated carbocycles. The van der Waals surface area contributed by atoms with Crippen LogP contribution in [0.4, 0.5) is 24.5 Å². The van der Waals surface area contributed by atoms with Gasteiger partial charge in [0.2, 0.25) is 5.88 Å². The standard InChI is InChI=1S/C24H23F3N6O2S/c1-22(7-9-29-10-8-22)35-19-4-3-15(13-31-19)33-21(36)32(20(34)23(33)5-2-6-23)16-11-17(24(25,26)27)18(12-28)30-14-16/h3-4,11,13-14,29H,2,5-10H2,1H3. The Labute approximate surface area is 211 Å². The van der Waals surface area contributed by atoms with Crippen molar-refractivity contribution in [3.8, 4) is 11.9 Å². The number of pyridine rings is 2. The number of aromatic nitrogens is 2. The molecule has 2 aromatic heterocycles. The van der Waals surface area contributed by atoms with Gasteiger partial charge in [0, 0.05) is 6.07 Å². The van der Waals surface area contributed by atoms with E-state index in [0.717, 1.165) is 49.5 Å². The van der Waals surface area contributed by atoms with Crippen molar-refractivity contribution in [1.82, 2.24) is 15.3 Å². The molecule has 3 fully saturated rings. The van der Waals surface area contributed by atoms with Crippen molar-refractivity contribution in [2.75, 3.05) is 22.9 Å². The minimum Gasteiger partial charge on any atom is -0.471 e. The van der Waals surface area contributed by atoms with Crippen molar-refractivity contribution in [2.24, 2.45) is 0 Å². The molecule has 0 unspecified atom stereocenters. The number of rotatable bonds is 4. The first-order valence-corrected chi connectivity index (χ1v) is 12.0. The van der Waals surface area contributed by atoms with Gasteiger partial charge in [-0.1, -0.05) is 0 Å². The van der Waals surface area contributed by atoms with Crippen molar-refractivity contribution in [3.63, 3.8) is 0 Å². The Balaban J connectivity index is 1.46. The van der Waals surface area contributed by atoms with E-state index in [-0.39, 0.29) is 16.4 Å². The van der Waals surface area contributed by atoms with E-state index in [4.69, 9.17) is 22.2 Å². The van der Waals surface area contributed by atoms with Crippen LogP contribution in [-0.4, -0.2) is 45.2 Å². The molecule has 1 N–H and O–H groups in total. The summed E-state index contributed by atoms with van der Waals surface area (Å²) in [7, 11) is 0. The third-order valence-corrected chi connectivity index (χ3v) is 7.49. The molecule has 2 aliphatic heterocycles. The maximum atomic E-state index is 13.6. The lowest BCUT2D eigenvalue weighted by molar-refractivity contribution is -0.138. The van der Waals surface area contributed by atoms with Crippen LogP contribution in [0.1, 0.15) is 50.3 Å². The van der Waals surface area contributed by atoms with Crippen molar-refractivity contribution in [2.45, 2.75) is 56.3 Å². The van der Waals surface area contributed by atoms with Gasteiger partial charge in [-0.15, -0.1) is 0 Å². The zero-order valence-corrected chi connectivity index (χ0v) is 20.2. The van der Waals surface area contributed by atoms with Gasteiger partial charge < -0.3 is 15.0 Å². The normalized spacial score (nSPS) is 20.9. The number of halogens is 3. The van der Waals surface area contributed by atoms with Crippen molar-refractivity contribution >= 4 is 34.6 Å². The molecule has 8 nitrogen and oxygen atoms in total. The molecule has 2 aromatic rings. The average Bonchev–Trinajstić information content (AvgIpc) is 3.05. The lowest BCUT2D eigenvalue weighted by Gasteiger charge is -2.42. The highest BCUT2D eigenvalue weighted by atomic mass is 32.1. The Hall–Kier alpha value is -3.30. The summed E-state index contributed by atoms with van der Waals surface area (Å²) in [4.78, 5) is 24.4. The fourth-order valence-corrected chi connectivity index (χ4v) is 5.43. The minimum atomic E-state index is -4.81. The molecule has 0 radical (unpaired) electrons. The Morgan fingerprint density at radius 1 is 1.14 bits per heavy atom. The lowest BCUT2D eigenvalue weighted by Crippen LogP contribution is -2.55. The number of nitrogens with one attached hydrogen (secondary N) is 1. The van der Waals surface area contributed by atoms with Gasteiger partial charge in [-0.25, -0.2) is 9.97 Å². The number of nitriles is 1. The number of piperidine rings is 1. The number of hydrogen-bond acceptors (Lipinski definition) is 7. The van der Waals surface area contributed by atoms with Gasteiger partial charge in [0.05, 0.1) is 29.3 Å². The van der Waals surface area contributed by atoms with Crippen LogP contribution in [-0.2, 0) is 11.0 Å². The fourth-order valence-electron chi connectivity index (χ4n) is 4.96. The number of thiocarbonyl (C=S) groups is 1. The predicted molar refractivity (Wildman–Crippen MR) is 128 cm³/mol. The van der Waals surface area contributed by atoms with Crippen LogP contribution in [0.25, 0.3) is 0 Å². The van der Waals surface area contributed by atoms with Gasteiger partial charge in [0.25, 0.3) is 5.91 Å². The molecule has 0 atom stereocenters. The van der Waals surface area contributed by atoms with E-state index in [0.29, 0.717) is 24.4 Å². The SMILES string of the molecule is CC1(Oc2ccc(N3C(=S)N(c4cnc(C#N)c(C(F)(F)F)c4)C(=O)C34CCC4)cn2)CCNCC1. The van der Waals surface area contributed by atoms with Gasteiger partial charge in [-0.05, 0) is 76.5 Å². The van der Waals surface area contributed by atoms with Crippen LogP contribution in [0.5, 0.6) is 5.88 Å². The predicted octanol–water partition coefficient (Wildman–Crippen LogP) is 3.95. The molecule has 1 amide bonds. The van der Waals surface area contributed by atoms with Crippen LogP contribution in [0, 0.1) is 11.3 Å². The first kappa shape index (κ1) is 24.4. The highest BCUT2D eigenvalue weighted by Crippen LogP contribution is 2.48. The highest BCUT2D eigenvalue weighted by molar-refractivity contribution is 7.81. The molecule has 188 valence electrons. The number of nitrogens with zero attached hydrogens (tertiary/aromatic N) is 5. The van der Waals surface area contributed by atoms with Gasteiger partial charge in [-0.2, -0.15) is 18.4 Å². The quantitative estimate of drug-likeness (QED) is 0.611. The number of carbonyl (C=O) groups is 1. The zero-order chi connectivity index (χ0) is 25.7. The molecule has 1 aliphatic carbocycles. The third-order valence-electron chi connectivity index (χ3n) is 7.13. The largest absolute Gasteiger partial charge is 0.471 e. The summed E-state index contributed by atoms with van der Waals surface area (Å²) in [5, 5.41) is 12.4. The maximum absolute atomic E-state index is 13.6. The maximum Gasteiger partial charge on any atom is 0.419 e. The van der Waals surface area contributed by atoms with Gasteiger partial charge >= 0.3 is 6.18 Å². The van der Waals surface area contributed by atoms with Gasteiger partial charge in [-0.3, -0.25) is 9.69 Å². The molecule has 2 saturated heterocycles. The molecule has 3 aliphatic rings. The third kappa shape index (κ3) is 3.96. The van der Waals surface area contributed by atoms with E-state index in [9.17, 15) is 18.0 Å². The number of alkyl halides is 3. The smallest absolute Gasteiger partial charge is 0.419 e. The summed E-state index contributed by atoms with van der Waals surface area (Å²) in [6, 6.07) is 5.68. The average molecular weight is 517 g/mol. The monoisotopic (exact) mass is 516 g/mol. The van der Waals surface area contributed by atoms with Crippen LogP contribution in [0.3, 0.4) is 0 Å². The summed E-state index contributed by atoms with van der Waals surface area (Å²) in [6.07, 6.45) is 1.30. The lowest BCUT2D eigenvalue weighted by atomic mass is 9.75. The topological polar surface area (TPSA) is 94.4 Å². The molecule has 36 heavy (non-hydrogen) atoms. The number of carbonyl (C=O) groups excluding carboxylic acids is 1. The second-order valence-electron chi connectivity index (χ2n) is 9.50. The number of amides is 1. The van der Waals surface area contributed by atoms with Crippen LogP contribution in [0.2, 0.25) is 0 Å². The minimum absolute atomic E-state index is 0.0418. The Kier molecular flexibility index (Phi) is 5.88. The molecular weight excluding hydrogens is 493 g/mol. The second kappa shape index (κ2) is 8.67. The summed E-state index contributed by atoms with van der Waals surface area (Å²) in [6.45, 7) is 3.76. The Morgan fingerprint density at radius 2 is 1.83 bits per heavy atom. The van der Waals surface area contributed by atoms with Crippen LogP contribution in [0.15, 0.2) is 30.6 Å². The van der Waals surface area contributed by atoms with Crippen molar-refractivity contribution in [3.05, 3.63) is 41.9 Å². The fraction of sp³-hybridized carbons (Fsp3) is 0.458. The Morgan fingerprint density at radius 3 is 2.39 bits per heavy atom. The summed E-state index contributed by atoms with van der Waals surface area (Å²) < 4.78 is 46.8. The molecular formula is C24H23F3N6O2S. The molecule has 0 bridgehead atoms. The number of anilines is 2. The van der Waals surface area contributed by atoms with Crippen LogP contribution < -0.4 is 19.9 Å². The number of ether oxygens (including phenoxy) is 1. The summed E-state index contributed by atoms with van der Waals surface area (Å²) in [5.74, 6) is 0.0335. The molecule has 4 heterocycles. The number of hydrogen-bond donors (Lipinski definition) is 1. The van der Waals surface area contributed by atoms with Crippen molar-refractivity contribution < 1.29 is 22.7 Å². The van der Waals surface area contributed by atoms with E-state index in [1.54, 1.807) is 23.2 Å². The second-order valence-corrected chi connectivity index (χ2v) is 9.86. The molecule has 1 spiro atoms. The zero-order valence-electron chi connectivity index (χ0n) is 19.4. The first-order chi connectivity index (χ1) is 17.1. The highest BCUT2D eigenvalue weighted by Gasteiger charge is 2.60.